The SMILES string of the molecule is CC(C)(C)CC1N2C(C(=O)OC(c3ccccc3)C2c2ccccc2)C(c2cccc(Cl)c2)C12C(=O)Nc1cc(Cl)c(F)cc12. The molecule has 5 nitrogen and oxygen atoms in total. The van der Waals surface area contributed by atoms with Crippen molar-refractivity contribution >= 4 is 40.8 Å². The van der Waals surface area contributed by atoms with Gasteiger partial charge in [0.2, 0.25) is 5.91 Å². The minimum absolute atomic E-state index is 0.0841. The Morgan fingerprint density at radius 2 is 1.49 bits per heavy atom. The number of anilines is 1. The first kappa shape index (κ1) is 30.0. The van der Waals surface area contributed by atoms with Crippen molar-refractivity contribution < 1.29 is 18.7 Å². The summed E-state index contributed by atoms with van der Waals surface area (Å²) in [6.07, 6.45) is -0.128. The molecule has 3 heterocycles. The number of esters is 1. The maximum Gasteiger partial charge on any atom is 0.324 e. The average Bonchev–Trinajstić information content (AvgIpc) is 3.45. The summed E-state index contributed by atoms with van der Waals surface area (Å²) in [7, 11) is 0. The Bertz CT molecular complexity index is 1790. The summed E-state index contributed by atoms with van der Waals surface area (Å²) in [4.78, 5) is 31.6. The lowest BCUT2D eigenvalue weighted by atomic mass is 9.62. The van der Waals surface area contributed by atoms with Crippen molar-refractivity contribution in [1.82, 2.24) is 4.90 Å². The van der Waals surface area contributed by atoms with Crippen LogP contribution in [0.1, 0.15) is 67.5 Å². The molecule has 4 aromatic rings. The molecule has 230 valence electrons. The molecule has 1 N–H and O–H groups in total. The number of benzene rings is 4. The lowest BCUT2D eigenvalue weighted by molar-refractivity contribution is -0.176. The number of carbonyl (C=O) groups excluding carboxylic acids is 2. The van der Waals surface area contributed by atoms with E-state index in [-0.39, 0.29) is 16.3 Å². The summed E-state index contributed by atoms with van der Waals surface area (Å²) in [5, 5.41) is 3.44. The van der Waals surface area contributed by atoms with Crippen LogP contribution in [0.15, 0.2) is 97.1 Å². The monoisotopic (exact) mass is 642 g/mol. The highest BCUT2D eigenvalue weighted by Crippen LogP contribution is 2.64. The third kappa shape index (κ3) is 4.77. The van der Waals surface area contributed by atoms with Gasteiger partial charge in [-0.25, -0.2) is 4.39 Å². The maximum atomic E-state index is 15.5. The first-order valence-electron chi connectivity index (χ1n) is 15.1. The second-order valence-electron chi connectivity index (χ2n) is 13.5. The van der Waals surface area contributed by atoms with Gasteiger partial charge in [0.1, 0.15) is 23.4 Å². The number of hydrogen-bond acceptors (Lipinski definition) is 4. The van der Waals surface area contributed by atoms with Crippen LogP contribution in [0.4, 0.5) is 10.1 Å². The fourth-order valence-electron chi connectivity index (χ4n) is 7.96. The summed E-state index contributed by atoms with van der Waals surface area (Å²) >= 11 is 12.8. The molecule has 0 aromatic heterocycles. The molecular formula is C37H33Cl2FN2O3. The number of carbonyl (C=O) groups is 2. The van der Waals surface area contributed by atoms with E-state index in [9.17, 15) is 9.59 Å². The molecule has 1 amide bonds. The van der Waals surface area contributed by atoms with Crippen molar-refractivity contribution in [2.45, 2.75) is 62.8 Å². The van der Waals surface area contributed by atoms with Crippen molar-refractivity contribution in [1.29, 1.82) is 0 Å². The largest absolute Gasteiger partial charge is 0.454 e. The third-order valence-corrected chi connectivity index (χ3v) is 10.0. The Kier molecular flexibility index (Phi) is 7.31. The Morgan fingerprint density at radius 3 is 2.13 bits per heavy atom. The zero-order chi connectivity index (χ0) is 31.7. The Labute approximate surface area is 272 Å². The van der Waals surface area contributed by atoms with Crippen LogP contribution in [0, 0.1) is 11.2 Å². The van der Waals surface area contributed by atoms with Gasteiger partial charge in [-0.05, 0) is 58.4 Å². The molecule has 2 fully saturated rings. The lowest BCUT2D eigenvalue weighted by Gasteiger charge is -2.47. The number of cyclic esters (lactones) is 1. The van der Waals surface area contributed by atoms with Gasteiger partial charge < -0.3 is 10.1 Å². The fourth-order valence-corrected chi connectivity index (χ4v) is 8.32. The van der Waals surface area contributed by atoms with Crippen LogP contribution in [0.2, 0.25) is 10.0 Å². The van der Waals surface area contributed by atoms with E-state index in [2.05, 4.69) is 31.0 Å². The van der Waals surface area contributed by atoms with E-state index >= 15 is 4.39 Å². The van der Waals surface area contributed by atoms with Gasteiger partial charge in [0, 0.05) is 22.7 Å². The van der Waals surface area contributed by atoms with Crippen LogP contribution in [0.5, 0.6) is 0 Å². The smallest absolute Gasteiger partial charge is 0.324 e. The van der Waals surface area contributed by atoms with Gasteiger partial charge in [0.05, 0.1) is 11.1 Å². The first-order chi connectivity index (χ1) is 21.5. The molecule has 6 unspecified atom stereocenters. The molecule has 1 spiro atoms. The molecule has 0 radical (unpaired) electrons. The van der Waals surface area contributed by atoms with Gasteiger partial charge in [0.15, 0.2) is 0 Å². The predicted octanol–water partition coefficient (Wildman–Crippen LogP) is 8.63. The minimum Gasteiger partial charge on any atom is -0.454 e. The van der Waals surface area contributed by atoms with Crippen molar-refractivity contribution in [3.05, 3.63) is 135 Å². The van der Waals surface area contributed by atoms with Gasteiger partial charge in [-0.2, -0.15) is 0 Å². The Morgan fingerprint density at radius 1 is 0.844 bits per heavy atom. The third-order valence-electron chi connectivity index (χ3n) is 9.52. The van der Waals surface area contributed by atoms with Crippen LogP contribution in [-0.2, 0) is 19.7 Å². The second-order valence-corrected chi connectivity index (χ2v) is 14.3. The van der Waals surface area contributed by atoms with Gasteiger partial charge >= 0.3 is 5.97 Å². The number of amides is 1. The van der Waals surface area contributed by atoms with Gasteiger partial charge in [0.25, 0.3) is 0 Å². The molecule has 3 aliphatic rings. The molecular weight excluding hydrogens is 610 g/mol. The molecule has 6 atom stereocenters. The first-order valence-corrected chi connectivity index (χ1v) is 15.9. The Balaban J connectivity index is 1.57. The van der Waals surface area contributed by atoms with Crippen LogP contribution in [-0.4, -0.2) is 28.9 Å². The topological polar surface area (TPSA) is 58.6 Å². The lowest BCUT2D eigenvalue weighted by Crippen LogP contribution is -2.54. The fraction of sp³-hybridized carbons (Fsp3) is 0.297. The van der Waals surface area contributed by atoms with E-state index < -0.39 is 47.3 Å². The van der Waals surface area contributed by atoms with E-state index in [0.29, 0.717) is 28.3 Å². The number of nitrogens with zero attached hydrogens (tertiary/aromatic N) is 1. The van der Waals surface area contributed by atoms with Crippen molar-refractivity contribution in [2.24, 2.45) is 5.41 Å². The number of rotatable bonds is 4. The van der Waals surface area contributed by atoms with Crippen LogP contribution >= 0.6 is 23.2 Å². The highest BCUT2D eigenvalue weighted by Gasteiger charge is 2.72. The van der Waals surface area contributed by atoms with E-state index in [1.54, 1.807) is 12.1 Å². The number of fused-ring (bicyclic) bond motifs is 3. The molecule has 0 saturated carbocycles. The quantitative estimate of drug-likeness (QED) is 0.226. The zero-order valence-corrected chi connectivity index (χ0v) is 26.6. The normalized spacial score (nSPS) is 27.6. The van der Waals surface area contributed by atoms with Crippen LogP contribution in [0.25, 0.3) is 0 Å². The molecule has 8 heteroatoms. The van der Waals surface area contributed by atoms with Crippen LogP contribution < -0.4 is 5.32 Å². The number of halogens is 3. The molecule has 45 heavy (non-hydrogen) atoms. The summed E-state index contributed by atoms with van der Waals surface area (Å²) in [6, 6.07) is 27.9. The molecule has 0 aliphatic carbocycles. The predicted molar refractivity (Wildman–Crippen MR) is 174 cm³/mol. The van der Waals surface area contributed by atoms with Gasteiger partial charge in [-0.1, -0.05) is 117 Å². The van der Waals surface area contributed by atoms with Crippen molar-refractivity contribution in [2.75, 3.05) is 5.32 Å². The number of nitrogens with one attached hydrogen (secondary N) is 1. The van der Waals surface area contributed by atoms with Crippen molar-refractivity contribution in [3.8, 4) is 0 Å². The van der Waals surface area contributed by atoms with Crippen molar-refractivity contribution in [3.63, 3.8) is 0 Å². The molecule has 4 aromatic carbocycles. The van der Waals surface area contributed by atoms with E-state index in [4.69, 9.17) is 27.9 Å². The summed E-state index contributed by atoms with van der Waals surface area (Å²) in [5.41, 5.74) is 1.77. The summed E-state index contributed by atoms with van der Waals surface area (Å²) in [5.74, 6) is -2.11. The zero-order valence-electron chi connectivity index (χ0n) is 25.1. The Hall–Kier alpha value is -3.71. The average molecular weight is 644 g/mol. The number of morpholine rings is 1. The molecule has 0 bridgehead atoms. The van der Waals surface area contributed by atoms with Gasteiger partial charge in [-0.3, -0.25) is 14.5 Å². The minimum atomic E-state index is -1.37. The molecule has 7 rings (SSSR count). The van der Waals surface area contributed by atoms with E-state index in [1.165, 1.54) is 12.1 Å². The van der Waals surface area contributed by atoms with Gasteiger partial charge in [-0.15, -0.1) is 0 Å². The highest BCUT2D eigenvalue weighted by molar-refractivity contribution is 6.31. The molecule has 2 saturated heterocycles. The highest BCUT2D eigenvalue weighted by atomic mass is 35.5. The van der Waals surface area contributed by atoms with E-state index in [1.807, 2.05) is 72.8 Å². The number of ether oxygens (including phenoxy) is 1. The van der Waals surface area contributed by atoms with E-state index in [0.717, 1.165) is 11.1 Å². The summed E-state index contributed by atoms with van der Waals surface area (Å²) < 4.78 is 21.9. The molecule has 3 aliphatic heterocycles. The maximum absolute atomic E-state index is 15.5. The standard InChI is InChI=1S/C37H33Cl2FN2O3/c1-36(2,3)20-29-37(25-18-27(40)26(39)19-28(25)41-35(37)44)30(23-15-10-16-24(38)17-23)32-34(43)45-33(22-13-8-5-9-14-22)31(42(29)32)21-11-6-4-7-12-21/h4-19,29-33H,20H2,1-3H3,(H,41,44). The second kappa shape index (κ2) is 11.0. The summed E-state index contributed by atoms with van der Waals surface area (Å²) in [6.45, 7) is 6.35. The van der Waals surface area contributed by atoms with Crippen LogP contribution in [0.3, 0.4) is 0 Å². The number of hydrogen-bond donors (Lipinski definition) is 1.